The van der Waals surface area contributed by atoms with E-state index in [1.807, 2.05) is 26.0 Å². The summed E-state index contributed by atoms with van der Waals surface area (Å²) in [5.41, 5.74) is 1.68. The number of carbonyl (C=O) groups is 2. The molecule has 0 radical (unpaired) electrons. The van der Waals surface area contributed by atoms with Crippen LogP contribution >= 0.6 is 23.4 Å². The van der Waals surface area contributed by atoms with E-state index >= 15 is 0 Å². The van der Waals surface area contributed by atoms with Crippen LogP contribution in [0.25, 0.3) is 0 Å². The number of nitrogens with zero attached hydrogens (tertiary/aromatic N) is 1. The van der Waals surface area contributed by atoms with E-state index < -0.39 is 11.2 Å². The first-order chi connectivity index (χ1) is 12.0. The van der Waals surface area contributed by atoms with Gasteiger partial charge in [0, 0.05) is 18.1 Å². The Morgan fingerprint density at radius 2 is 1.88 bits per heavy atom. The van der Waals surface area contributed by atoms with Gasteiger partial charge in [0.2, 0.25) is 0 Å². The van der Waals surface area contributed by atoms with Gasteiger partial charge in [-0.3, -0.25) is 9.59 Å². The van der Waals surface area contributed by atoms with E-state index in [-0.39, 0.29) is 5.24 Å². The molecule has 1 aromatic carbocycles. The second-order valence-corrected chi connectivity index (χ2v) is 7.85. The topological polar surface area (TPSA) is 57.6 Å². The fourth-order valence-corrected chi connectivity index (χ4v) is 4.71. The number of benzene rings is 1. The van der Waals surface area contributed by atoms with Crippen molar-refractivity contribution < 1.29 is 14.7 Å². The number of rotatable bonds is 6. The first kappa shape index (κ1) is 20.1. The van der Waals surface area contributed by atoms with Crippen molar-refractivity contribution in [1.82, 2.24) is 4.90 Å². The molecule has 1 aromatic rings. The SMILES string of the molecule is CCN(CC)C(=O)SC(C(=O)O)c1ccc(C2CCCCC2)c(Cl)c1. The second-order valence-electron chi connectivity index (χ2n) is 6.39. The lowest BCUT2D eigenvalue weighted by Gasteiger charge is -2.24. The summed E-state index contributed by atoms with van der Waals surface area (Å²) in [7, 11) is 0. The summed E-state index contributed by atoms with van der Waals surface area (Å²) in [5, 5.41) is 9.04. The normalized spacial score (nSPS) is 16.4. The van der Waals surface area contributed by atoms with Crippen molar-refractivity contribution in [3.05, 3.63) is 34.3 Å². The van der Waals surface area contributed by atoms with Gasteiger partial charge in [-0.1, -0.05) is 43.0 Å². The predicted octanol–water partition coefficient (Wildman–Crippen LogP) is 5.71. The predicted molar refractivity (Wildman–Crippen MR) is 104 cm³/mol. The summed E-state index contributed by atoms with van der Waals surface area (Å²) in [6.07, 6.45) is 5.98. The van der Waals surface area contributed by atoms with Crippen molar-refractivity contribution in [3.63, 3.8) is 0 Å². The molecule has 1 aliphatic carbocycles. The lowest BCUT2D eigenvalue weighted by Crippen LogP contribution is -2.28. The Bertz CT molecular complexity index is 613. The molecule has 25 heavy (non-hydrogen) atoms. The minimum atomic E-state index is -1.02. The van der Waals surface area contributed by atoms with Crippen LogP contribution in [0.2, 0.25) is 5.02 Å². The van der Waals surface area contributed by atoms with Crippen molar-refractivity contribution in [2.45, 2.75) is 57.1 Å². The van der Waals surface area contributed by atoms with E-state index in [2.05, 4.69) is 0 Å². The smallest absolute Gasteiger partial charge is 0.321 e. The van der Waals surface area contributed by atoms with Crippen LogP contribution in [0.1, 0.15) is 68.2 Å². The van der Waals surface area contributed by atoms with Gasteiger partial charge in [-0.25, -0.2) is 0 Å². The number of halogens is 1. The number of carboxylic acid groups (broad SMARTS) is 1. The quantitative estimate of drug-likeness (QED) is 0.683. The fourth-order valence-electron chi connectivity index (χ4n) is 3.37. The first-order valence-electron chi connectivity index (χ1n) is 8.95. The number of aliphatic carboxylic acids is 1. The van der Waals surface area contributed by atoms with Gasteiger partial charge in [-0.15, -0.1) is 0 Å². The maximum absolute atomic E-state index is 12.3. The summed E-state index contributed by atoms with van der Waals surface area (Å²) < 4.78 is 0. The van der Waals surface area contributed by atoms with Crippen LogP contribution in [-0.4, -0.2) is 34.3 Å². The van der Waals surface area contributed by atoms with Gasteiger partial charge >= 0.3 is 5.97 Å². The average molecular weight is 384 g/mol. The third-order valence-corrected chi connectivity index (χ3v) is 6.33. The highest BCUT2D eigenvalue weighted by atomic mass is 35.5. The highest BCUT2D eigenvalue weighted by molar-refractivity contribution is 8.14. The molecule has 1 saturated carbocycles. The second kappa shape index (κ2) is 9.48. The number of hydrogen-bond acceptors (Lipinski definition) is 3. The van der Waals surface area contributed by atoms with Crippen molar-refractivity contribution >= 4 is 34.6 Å². The molecule has 138 valence electrons. The molecule has 1 fully saturated rings. The fraction of sp³-hybridized carbons (Fsp3) is 0.579. The van der Waals surface area contributed by atoms with Gasteiger partial charge < -0.3 is 10.0 Å². The van der Waals surface area contributed by atoms with Gasteiger partial charge in [0.25, 0.3) is 5.24 Å². The molecular weight excluding hydrogens is 358 g/mol. The average Bonchev–Trinajstić information content (AvgIpc) is 2.61. The van der Waals surface area contributed by atoms with Crippen molar-refractivity contribution in [1.29, 1.82) is 0 Å². The number of amides is 1. The van der Waals surface area contributed by atoms with Crippen molar-refractivity contribution in [2.24, 2.45) is 0 Å². The van der Waals surface area contributed by atoms with Crippen LogP contribution in [-0.2, 0) is 4.79 Å². The molecule has 6 heteroatoms. The van der Waals surface area contributed by atoms with E-state index in [0.29, 0.717) is 29.6 Å². The molecule has 0 spiro atoms. The third kappa shape index (κ3) is 5.14. The van der Waals surface area contributed by atoms with Crippen molar-refractivity contribution in [3.8, 4) is 0 Å². The minimum Gasteiger partial charge on any atom is -0.480 e. The zero-order valence-corrected chi connectivity index (χ0v) is 16.4. The summed E-state index contributed by atoms with van der Waals surface area (Å²) in [6, 6.07) is 5.50. The van der Waals surface area contributed by atoms with Gasteiger partial charge in [0.15, 0.2) is 0 Å². The molecule has 0 aliphatic heterocycles. The Balaban J connectivity index is 2.19. The lowest BCUT2D eigenvalue weighted by atomic mass is 9.84. The van der Waals surface area contributed by atoms with E-state index in [9.17, 15) is 14.7 Å². The summed E-state index contributed by atoms with van der Waals surface area (Å²) in [6.45, 7) is 4.90. The molecule has 4 nitrogen and oxygen atoms in total. The third-order valence-electron chi connectivity index (χ3n) is 4.84. The number of hydrogen-bond donors (Lipinski definition) is 1. The molecule has 1 amide bonds. The van der Waals surface area contributed by atoms with Crippen molar-refractivity contribution in [2.75, 3.05) is 13.1 Å². The van der Waals surface area contributed by atoms with E-state index in [4.69, 9.17) is 11.6 Å². The molecule has 1 aliphatic rings. The Kier molecular flexibility index (Phi) is 7.63. The standard InChI is InChI=1S/C19H26ClNO3S/c1-3-21(4-2)19(24)25-17(18(22)23)14-10-11-15(16(20)12-14)13-8-6-5-7-9-13/h10-13,17H,3-9H2,1-2H3,(H,22,23). The zero-order chi connectivity index (χ0) is 18.4. The molecule has 2 rings (SSSR count). The number of carboxylic acids is 1. The van der Waals surface area contributed by atoms with Crippen LogP contribution in [0.15, 0.2) is 18.2 Å². The molecule has 0 bridgehead atoms. The zero-order valence-electron chi connectivity index (χ0n) is 14.8. The van der Waals surface area contributed by atoms with Gasteiger partial charge in [-0.05, 0) is 61.6 Å². The maximum Gasteiger partial charge on any atom is 0.321 e. The first-order valence-corrected chi connectivity index (χ1v) is 10.2. The van der Waals surface area contributed by atoms with E-state index in [0.717, 1.165) is 30.2 Å². The molecule has 1 N–H and O–H groups in total. The number of thioether (sulfide) groups is 1. The molecular formula is C19H26ClNO3S. The highest BCUT2D eigenvalue weighted by Gasteiger charge is 2.27. The summed E-state index contributed by atoms with van der Waals surface area (Å²) in [4.78, 5) is 25.6. The summed E-state index contributed by atoms with van der Waals surface area (Å²) in [5.74, 6) is -0.560. The molecule has 0 aromatic heterocycles. The molecule has 0 saturated heterocycles. The highest BCUT2D eigenvalue weighted by Crippen LogP contribution is 2.39. The maximum atomic E-state index is 12.3. The van der Waals surface area contributed by atoms with Crippen LogP contribution in [0.4, 0.5) is 4.79 Å². The van der Waals surface area contributed by atoms with Crippen LogP contribution in [0.5, 0.6) is 0 Å². The Morgan fingerprint density at radius 3 is 2.40 bits per heavy atom. The molecule has 0 heterocycles. The number of carbonyl (C=O) groups excluding carboxylic acids is 1. The Hall–Kier alpha value is -1.20. The largest absolute Gasteiger partial charge is 0.480 e. The van der Waals surface area contributed by atoms with E-state index in [1.54, 1.807) is 11.0 Å². The lowest BCUT2D eigenvalue weighted by molar-refractivity contribution is -0.136. The summed E-state index contributed by atoms with van der Waals surface area (Å²) >= 11 is 7.31. The van der Waals surface area contributed by atoms with Crippen LogP contribution < -0.4 is 0 Å². The monoisotopic (exact) mass is 383 g/mol. The van der Waals surface area contributed by atoms with Gasteiger partial charge in [0.05, 0.1) is 0 Å². The molecule has 1 atom stereocenters. The van der Waals surface area contributed by atoms with Gasteiger partial charge in [0.1, 0.15) is 5.25 Å². The van der Waals surface area contributed by atoms with E-state index in [1.165, 1.54) is 19.3 Å². The Labute approximate surface area is 158 Å². The van der Waals surface area contributed by atoms with Gasteiger partial charge in [-0.2, -0.15) is 0 Å². The van der Waals surface area contributed by atoms with Crippen LogP contribution in [0.3, 0.4) is 0 Å². The van der Waals surface area contributed by atoms with Crippen LogP contribution in [0, 0.1) is 0 Å². The molecule has 1 unspecified atom stereocenters. The Morgan fingerprint density at radius 1 is 1.24 bits per heavy atom. The minimum absolute atomic E-state index is 0.218.